The molecule has 0 aliphatic rings. The van der Waals surface area contributed by atoms with Gasteiger partial charge in [0, 0.05) is 5.56 Å². The molecule has 0 spiro atoms. The summed E-state index contributed by atoms with van der Waals surface area (Å²) in [6.45, 7) is 0. The molecule has 0 fully saturated rings. The van der Waals surface area contributed by atoms with Crippen LogP contribution in [0.2, 0.25) is 0 Å². The van der Waals surface area contributed by atoms with Crippen LogP contribution in [-0.2, 0) is 0 Å². The molecule has 2 heterocycles. The second-order valence-corrected chi connectivity index (χ2v) is 4.66. The van der Waals surface area contributed by atoms with E-state index in [-0.39, 0.29) is 0 Å². The molecule has 0 aliphatic carbocycles. The van der Waals surface area contributed by atoms with Crippen molar-refractivity contribution in [3.63, 3.8) is 0 Å². The molecule has 0 amide bonds. The number of aromatic nitrogens is 4. The van der Waals surface area contributed by atoms with Gasteiger partial charge >= 0.3 is 0 Å². The van der Waals surface area contributed by atoms with Gasteiger partial charge in [-0.2, -0.15) is 0 Å². The van der Waals surface area contributed by atoms with Crippen LogP contribution in [0.4, 0.5) is 5.82 Å². The number of nitrogens with two attached hydrogens (primary N) is 1. The molecule has 2 aromatic heterocycles. The van der Waals surface area contributed by atoms with Gasteiger partial charge in [-0.1, -0.05) is 42.1 Å². The summed E-state index contributed by atoms with van der Waals surface area (Å²) in [5.41, 5.74) is 8.70. The second kappa shape index (κ2) is 4.81. The van der Waals surface area contributed by atoms with Crippen molar-refractivity contribution < 1.29 is 0 Å². The Hall–Kier alpha value is -2.21. The normalized spacial score (nSPS) is 10.8. The molecule has 0 radical (unpaired) electrons. The van der Waals surface area contributed by atoms with E-state index < -0.39 is 0 Å². The number of hydrogen-bond acceptors (Lipinski definition) is 6. The number of thioether (sulfide) groups is 1. The smallest absolute Gasteiger partial charge is 0.191 e. The molecule has 94 valence electrons. The van der Waals surface area contributed by atoms with Crippen LogP contribution in [0.25, 0.3) is 22.4 Å². The maximum atomic E-state index is 5.85. The molecule has 0 saturated heterocycles. The zero-order chi connectivity index (χ0) is 13.2. The summed E-state index contributed by atoms with van der Waals surface area (Å²) < 4.78 is 0. The van der Waals surface area contributed by atoms with E-state index in [1.54, 1.807) is 6.20 Å². The van der Waals surface area contributed by atoms with Crippen LogP contribution in [0.1, 0.15) is 0 Å². The molecular weight excluding hydrogens is 258 g/mol. The fourth-order valence-corrected chi connectivity index (χ4v) is 2.12. The Morgan fingerprint density at radius 2 is 1.84 bits per heavy atom. The zero-order valence-electron chi connectivity index (χ0n) is 10.2. The molecule has 0 atom stereocenters. The number of benzene rings is 1. The lowest BCUT2D eigenvalue weighted by Crippen LogP contribution is -2.00. The Labute approximate surface area is 114 Å². The molecule has 0 aliphatic heterocycles. The number of rotatable bonds is 2. The van der Waals surface area contributed by atoms with Gasteiger partial charge in [0.1, 0.15) is 5.52 Å². The number of hydrogen-bond donors (Lipinski definition) is 1. The second-order valence-electron chi connectivity index (χ2n) is 3.89. The van der Waals surface area contributed by atoms with Crippen LogP contribution in [0, 0.1) is 0 Å². The van der Waals surface area contributed by atoms with Gasteiger partial charge in [0.15, 0.2) is 16.6 Å². The van der Waals surface area contributed by atoms with Crippen LogP contribution in [0.15, 0.2) is 41.7 Å². The van der Waals surface area contributed by atoms with Gasteiger partial charge in [-0.15, -0.1) is 0 Å². The van der Waals surface area contributed by atoms with Crippen molar-refractivity contribution in [2.45, 2.75) is 5.16 Å². The first-order valence-corrected chi connectivity index (χ1v) is 6.90. The lowest BCUT2D eigenvalue weighted by Gasteiger charge is -2.04. The zero-order valence-corrected chi connectivity index (χ0v) is 11.1. The minimum absolute atomic E-state index is 0.362. The van der Waals surface area contributed by atoms with E-state index in [0.717, 1.165) is 11.3 Å². The Morgan fingerprint density at radius 3 is 2.58 bits per heavy atom. The molecule has 0 unspecified atom stereocenters. The van der Waals surface area contributed by atoms with Gasteiger partial charge in [-0.25, -0.2) is 19.9 Å². The van der Waals surface area contributed by atoms with Crippen molar-refractivity contribution in [2.75, 3.05) is 12.0 Å². The molecular formula is C13H11N5S. The number of nitrogen functional groups attached to an aromatic ring is 1. The van der Waals surface area contributed by atoms with E-state index in [9.17, 15) is 0 Å². The summed E-state index contributed by atoms with van der Waals surface area (Å²) >= 11 is 1.43. The summed E-state index contributed by atoms with van der Waals surface area (Å²) in [5, 5.41) is 0.601. The third kappa shape index (κ3) is 2.22. The highest BCUT2D eigenvalue weighted by atomic mass is 32.2. The molecule has 0 saturated carbocycles. The lowest BCUT2D eigenvalue weighted by molar-refractivity contribution is 0.991. The lowest BCUT2D eigenvalue weighted by atomic mass is 10.2. The van der Waals surface area contributed by atoms with Crippen LogP contribution in [-0.4, -0.2) is 26.2 Å². The minimum atomic E-state index is 0.362. The average Bonchev–Trinajstić information content (AvgIpc) is 2.47. The Morgan fingerprint density at radius 1 is 1.05 bits per heavy atom. The van der Waals surface area contributed by atoms with Crippen LogP contribution in [0.5, 0.6) is 0 Å². The Bertz CT molecular complexity index is 730. The number of anilines is 1. The molecule has 3 rings (SSSR count). The predicted molar refractivity (Wildman–Crippen MR) is 76.8 cm³/mol. The van der Waals surface area contributed by atoms with Crippen molar-refractivity contribution in [3.05, 3.63) is 36.5 Å². The fourth-order valence-electron chi connectivity index (χ4n) is 1.75. The number of fused-ring (bicyclic) bond motifs is 1. The van der Waals surface area contributed by atoms with Gasteiger partial charge in [0.05, 0.1) is 11.9 Å². The quantitative estimate of drug-likeness (QED) is 0.568. The predicted octanol–water partition coefficient (Wildman–Crippen LogP) is 2.39. The molecule has 5 nitrogen and oxygen atoms in total. The Kier molecular flexibility index (Phi) is 3.00. The van der Waals surface area contributed by atoms with Crippen molar-refractivity contribution >= 4 is 28.7 Å². The molecule has 1 aromatic carbocycles. The summed E-state index contributed by atoms with van der Waals surface area (Å²) in [7, 11) is 0. The third-order valence-corrected chi connectivity index (χ3v) is 3.21. The van der Waals surface area contributed by atoms with Crippen molar-refractivity contribution in [1.29, 1.82) is 0 Å². The van der Waals surface area contributed by atoms with Gasteiger partial charge in [0.25, 0.3) is 0 Å². The van der Waals surface area contributed by atoms with Gasteiger partial charge < -0.3 is 5.73 Å². The first kappa shape index (κ1) is 11.9. The molecule has 0 bridgehead atoms. The average molecular weight is 269 g/mol. The highest BCUT2D eigenvalue weighted by molar-refractivity contribution is 7.98. The largest absolute Gasteiger partial charge is 0.382 e. The SMILES string of the molecule is CSc1nc(N)c2ncc(-c3ccccc3)nc2n1. The highest BCUT2D eigenvalue weighted by Gasteiger charge is 2.09. The van der Waals surface area contributed by atoms with E-state index in [2.05, 4.69) is 19.9 Å². The molecule has 2 N–H and O–H groups in total. The van der Waals surface area contributed by atoms with Crippen LogP contribution >= 0.6 is 11.8 Å². The first-order chi connectivity index (χ1) is 9.28. The van der Waals surface area contributed by atoms with E-state index in [1.807, 2.05) is 36.6 Å². The standard InChI is InChI=1S/C13H11N5S/c1-19-13-17-11(14)10-12(18-13)16-9(7-15-10)8-5-3-2-4-6-8/h2-7H,1H3,(H2,14,16,17,18). The first-order valence-electron chi connectivity index (χ1n) is 5.67. The van der Waals surface area contributed by atoms with E-state index >= 15 is 0 Å². The molecule has 3 aromatic rings. The van der Waals surface area contributed by atoms with Crippen molar-refractivity contribution in [1.82, 2.24) is 19.9 Å². The summed E-state index contributed by atoms with van der Waals surface area (Å²) in [4.78, 5) is 17.3. The summed E-state index contributed by atoms with van der Waals surface area (Å²) in [5.74, 6) is 0.362. The maximum Gasteiger partial charge on any atom is 0.191 e. The molecule has 19 heavy (non-hydrogen) atoms. The van der Waals surface area contributed by atoms with E-state index in [1.165, 1.54) is 11.8 Å². The van der Waals surface area contributed by atoms with Gasteiger partial charge in [0.2, 0.25) is 0 Å². The summed E-state index contributed by atoms with van der Waals surface area (Å²) in [6, 6.07) is 9.85. The van der Waals surface area contributed by atoms with Crippen LogP contribution < -0.4 is 5.73 Å². The Balaban J connectivity index is 2.20. The van der Waals surface area contributed by atoms with Crippen molar-refractivity contribution in [3.8, 4) is 11.3 Å². The monoisotopic (exact) mass is 269 g/mol. The van der Waals surface area contributed by atoms with Crippen molar-refractivity contribution in [2.24, 2.45) is 0 Å². The van der Waals surface area contributed by atoms with Gasteiger partial charge in [-0.05, 0) is 6.26 Å². The third-order valence-electron chi connectivity index (χ3n) is 2.67. The van der Waals surface area contributed by atoms with E-state index in [0.29, 0.717) is 22.1 Å². The maximum absolute atomic E-state index is 5.85. The van der Waals surface area contributed by atoms with Crippen LogP contribution in [0.3, 0.4) is 0 Å². The molecule has 6 heteroatoms. The van der Waals surface area contributed by atoms with Gasteiger partial charge in [-0.3, -0.25) is 0 Å². The summed E-state index contributed by atoms with van der Waals surface area (Å²) in [6.07, 6.45) is 3.59. The highest BCUT2D eigenvalue weighted by Crippen LogP contribution is 2.21. The minimum Gasteiger partial charge on any atom is -0.382 e. The number of nitrogens with zero attached hydrogens (tertiary/aromatic N) is 4. The fraction of sp³-hybridized carbons (Fsp3) is 0.0769. The van der Waals surface area contributed by atoms with E-state index in [4.69, 9.17) is 5.73 Å². The topological polar surface area (TPSA) is 77.6 Å².